The van der Waals surface area contributed by atoms with Crippen LogP contribution in [0, 0.1) is 5.92 Å². The molecular formula is C8H10O3. The average molecular weight is 154 g/mol. The van der Waals surface area contributed by atoms with Crippen molar-refractivity contribution < 1.29 is 14.7 Å². The topological polar surface area (TPSA) is 54.4 Å². The van der Waals surface area contributed by atoms with E-state index in [9.17, 15) is 9.59 Å². The fourth-order valence-corrected chi connectivity index (χ4v) is 1.30. The van der Waals surface area contributed by atoms with Crippen LogP contribution in [0.1, 0.15) is 19.3 Å². The van der Waals surface area contributed by atoms with Crippen LogP contribution in [0.5, 0.6) is 0 Å². The van der Waals surface area contributed by atoms with Gasteiger partial charge in [-0.15, -0.1) is 0 Å². The molecule has 0 aliphatic heterocycles. The molecule has 0 aromatic rings. The minimum Gasteiger partial charge on any atom is -0.481 e. The van der Waals surface area contributed by atoms with Gasteiger partial charge in [0, 0.05) is 6.42 Å². The summed E-state index contributed by atoms with van der Waals surface area (Å²) in [7, 11) is 0. The van der Waals surface area contributed by atoms with Crippen LogP contribution in [0.2, 0.25) is 0 Å². The van der Waals surface area contributed by atoms with Crippen LogP contribution in [-0.4, -0.2) is 16.9 Å². The van der Waals surface area contributed by atoms with Crippen LogP contribution >= 0.6 is 0 Å². The van der Waals surface area contributed by atoms with Crippen LogP contribution in [0.15, 0.2) is 12.2 Å². The van der Waals surface area contributed by atoms with Gasteiger partial charge in [0.2, 0.25) is 0 Å². The first-order valence-electron chi connectivity index (χ1n) is 3.55. The molecule has 3 heteroatoms. The molecule has 1 rings (SSSR count). The third-order valence-corrected chi connectivity index (χ3v) is 1.99. The minimum absolute atomic E-state index is 0.0243. The summed E-state index contributed by atoms with van der Waals surface area (Å²) in [5.74, 6) is -0.942. The molecule has 0 aromatic heterocycles. The lowest BCUT2D eigenvalue weighted by atomic mass is 10.0. The largest absolute Gasteiger partial charge is 0.481 e. The second-order valence-electron chi connectivity index (χ2n) is 2.78. The number of carboxylic acid groups (broad SMARTS) is 1. The molecule has 0 saturated heterocycles. The van der Waals surface area contributed by atoms with Crippen molar-refractivity contribution in [2.75, 3.05) is 0 Å². The van der Waals surface area contributed by atoms with Crippen LogP contribution in [0.25, 0.3) is 0 Å². The first-order chi connectivity index (χ1) is 5.11. The van der Waals surface area contributed by atoms with E-state index in [-0.39, 0.29) is 18.1 Å². The highest BCUT2D eigenvalue weighted by Crippen LogP contribution is 2.28. The summed E-state index contributed by atoms with van der Waals surface area (Å²) in [5.41, 5.74) is 0.493. The molecule has 0 aromatic carbocycles. The number of hydrogen-bond donors (Lipinski definition) is 1. The second-order valence-corrected chi connectivity index (χ2v) is 2.78. The highest BCUT2D eigenvalue weighted by Gasteiger charge is 2.27. The molecule has 0 spiro atoms. The van der Waals surface area contributed by atoms with E-state index in [1.165, 1.54) is 0 Å². The number of allylic oxidation sites excluding steroid dienone is 1. The zero-order chi connectivity index (χ0) is 8.43. The average Bonchev–Trinajstić information content (AvgIpc) is 2.18. The second kappa shape index (κ2) is 2.86. The molecule has 0 bridgehead atoms. The smallest absolute Gasteiger partial charge is 0.303 e. The van der Waals surface area contributed by atoms with Gasteiger partial charge in [-0.2, -0.15) is 0 Å². The van der Waals surface area contributed by atoms with Crippen molar-refractivity contribution in [3.63, 3.8) is 0 Å². The fraction of sp³-hybridized carbons (Fsp3) is 0.500. The first-order valence-corrected chi connectivity index (χ1v) is 3.55. The Morgan fingerprint density at radius 3 is 2.73 bits per heavy atom. The summed E-state index contributed by atoms with van der Waals surface area (Å²) in [6, 6.07) is 0. The molecule has 11 heavy (non-hydrogen) atoms. The van der Waals surface area contributed by atoms with Crippen LogP contribution in [0.3, 0.4) is 0 Å². The summed E-state index contributed by atoms with van der Waals surface area (Å²) in [6.45, 7) is 3.56. The number of ketones is 1. The van der Waals surface area contributed by atoms with Gasteiger partial charge in [0.25, 0.3) is 0 Å². The number of rotatable bonds is 2. The Morgan fingerprint density at radius 2 is 2.36 bits per heavy atom. The van der Waals surface area contributed by atoms with E-state index in [1.807, 2.05) is 0 Å². The molecule has 1 atom stereocenters. The predicted molar refractivity (Wildman–Crippen MR) is 39.1 cm³/mol. The van der Waals surface area contributed by atoms with E-state index in [1.54, 1.807) is 0 Å². The maximum atomic E-state index is 10.9. The Bertz CT molecular complexity index is 217. The Kier molecular flexibility index (Phi) is 2.08. The van der Waals surface area contributed by atoms with E-state index in [4.69, 9.17) is 5.11 Å². The Morgan fingerprint density at radius 1 is 1.73 bits per heavy atom. The van der Waals surface area contributed by atoms with Gasteiger partial charge in [-0.3, -0.25) is 9.59 Å². The van der Waals surface area contributed by atoms with Gasteiger partial charge in [-0.1, -0.05) is 6.58 Å². The zero-order valence-electron chi connectivity index (χ0n) is 6.17. The monoisotopic (exact) mass is 154 g/mol. The van der Waals surface area contributed by atoms with E-state index < -0.39 is 5.97 Å². The van der Waals surface area contributed by atoms with Gasteiger partial charge in [0.15, 0.2) is 5.78 Å². The van der Waals surface area contributed by atoms with Crippen molar-refractivity contribution in [3.05, 3.63) is 12.2 Å². The van der Waals surface area contributed by atoms with E-state index in [0.29, 0.717) is 18.4 Å². The summed E-state index contributed by atoms with van der Waals surface area (Å²) in [6.07, 6.45) is 1.17. The third-order valence-electron chi connectivity index (χ3n) is 1.99. The maximum absolute atomic E-state index is 10.9. The van der Waals surface area contributed by atoms with Crippen molar-refractivity contribution >= 4 is 11.8 Å². The molecule has 1 aliphatic rings. The van der Waals surface area contributed by atoms with Gasteiger partial charge in [-0.25, -0.2) is 0 Å². The fourth-order valence-electron chi connectivity index (χ4n) is 1.30. The standard InChI is InChI=1S/C8H10O3/c1-5-6(4-8(10)11)2-3-7(5)9/h6H,1-4H2,(H,10,11)/t6-/m1/s1. The predicted octanol–water partition coefficient (Wildman–Crippen LogP) is 0.996. The molecule has 60 valence electrons. The van der Waals surface area contributed by atoms with Gasteiger partial charge in [0.1, 0.15) is 0 Å². The van der Waals surface area contributed by atoms with Crippen LogP contribution in [0.4, 0.5) is 0 Å². The van der Waals surface area contributed by atoms with E-state index >= 15 is 0 Å². The van der Waals surface area contributed by atoms with Crippen molar-refractivity contribution in [2.45, 2.75) is 19.3 Å². The van der Waals surface area contributed by atoms with Crippen molar-refractivity contribution in [3.8, 4) is 0 Å². The number of carbonyl (C=O) groups is 2. The summed E-state index contributed by atoms with van der Waals surface area (Å²) in [4.78, 5) is 21.1. The molecule has 3 nitrogen and oxygen atoms in total. The normalized spacial score (nSPS) is 24.2. The first kappa shape index (κ1) is 7.98. The van der Waals surface area contributed by atoms with Gasteiger partial charge in [-0.05, 0) is 17.9 Å². The molecule has 0 amide bonds. The van der Waals surface area contributed by atoms with Gasteiger partial charge >= 0.3 is 5.97 Å². The van der Waals surface area contributed by atoms with Crippen LogP contribution in [-0.2, 0) is 9.59 Å². The molecule has 0 unspecified atom stereocenters. The highest BCUT2D eigenvalue weighted by atomic mass is 16.4. The maximum Gasteiger partial charge on any atom is 0.303 e. The van der Waals surface area contributed by atoms with E-state index in [0.717, 1.165) is 0 Å². The highest BCUT2D eigenvalue weighted by molar-refractivity contribution is 5.98. The summed E-state index contributed by atoms with van der Waals surface area (Å²) in [5, 5.41) is 8.43. The quantitative estimate of drug-likeness (QED) is 0.603. The Hall–Kier alpha value is -1.12. The lowest BCUT2D eigenvalue weighted by molar-refractivity contribution is -0.137. The Labute approximate surface area is 64.7 Å². The minimum atomic E-state index is -0.856. The molecule has 0 heterocycles. The van der Waals surface area contributed by atoms with Crippen LogP contribution < -0.4 is 0 Å². The summed E-state index contributed by atoms with van der Waals surface area (Å²) >= 11 is 0. The third kappa shape index (κ3) is 1.67. The Balaban J connectivity index is 2.55. The summed E-state index contributed by atoms with van der Waals surface area (Å²) < 4.78 is 0. The molecule has 0 radical (unpaired) electrons. The molecule has 1 N–H and O–H groups in total. The molecular weight excluding hydrogens is 144 g/mol. The molecule has 1 saturated carbocycles. The van der Waals surface area contributed by atoms with Crippen molar-refractivity contribution in [2.24, 2.45) is 5.92 Å². The number of aliphatic carboxylic acids is 1. The molecule has 1 fully saturated rings. The van der Waals surface area contributed by atoms with E-state index in [2.05, 4.69) is 6.58 Å². The van der Waals surface area contributed by atoms with Crippen molar-refractivity contribution in [1.29, 1.82) is 0 Å². The number of Topliss-reactive ketones (excluding diaryl/α,β-unsaturated/α-hetero) is 1. The lowest BCUT2D eigenvalue weighted by Crippen LogP contribution is -2.06. The van der Waals surface area contributed by atoms with Crippen molar-refractivity contribution in [1.82, 2.24) is 0 Å². The SMILES string of the molecule is C=C1C(=O)CC[C@@H]1CC(=O)O. The number of hydrogen-bond acceptors (Lipinski definition) is 2. The molecule has 1 aliphatic carbocycles. The lowest BCUT2D eigenvalue weighted by Gasteiger charge is -2.04. The number of carbonyl (C=O) groups excluding carboxylic acids is 1. The van der Waals surface area contributed by atoms with Gasteiger partial charge in [0.05, 0.1) is 6.42 Å². The van der Waals surface area contributed by atoms with Gasteiger partial charge < -0.3 is 5.11 Å². The number of carboxylic acids is 1. The zero-order valence-corrected chi connectivity index (χ0v) is 6.17.